The maximum atomic E-state index is 12.9. The summed E-state index contributed by atoms with van der Waals surface area (Å²) in [5.41, 5.74) is 0.838. The molecule has 0 heterocycles. The van der Waals surface area contributed by atoms with E-state index in [0.717, 1.165) is 5.56 Å². The highest BCUT2D eigenvalue weighted by Gasteiger charge is 2.09. The van der Waals surface area contributed by atoms with Crippen LogP contribution in [0.2, 0.25) is 0 Å². The third kappa shape index (κ3) is 2.18. The number of methoxy groups -OCH3 is 1. The largest absolute Gasteiger partial charge is 0.496 e. The molecule has 1 unspecified atom stereocenters. The Morgan fingerprint density at radius 1 is 1.46 bits per heavy atom. The molecule has 13 heavy (non-hydrogen) atoms. The molecule has 0 fully saturated rings. The summed E-state index contributed by atoms with van der Waals surface area (Å²) in [5.74, 6) is 0.473. The summed E-state index contributed by atoms with van der Waals surface area (Å²) < 4.78 is 18.0. The maximum Gasteiger partial charge on any atom is 0.123 e. The Balaban J connectivity index is 3.07. The van der Waals surface area contributed by atoms with E-state index in [1.807, 2.05) is 14.0 Å². The maximum absolute atomic E-state index is 12.9. The third-order valence-corrected chi connectivity index (χ3v) is 2.09. The highest BCUT2D eigenvalue weighted by Crippen LogP contribution is 2.25. The minimum atomic E-state index is -0.238. The minimum absolute atomic E-state index is 0.0886. The zero-order valence-electron chi connectivity index (χ0n) is 8.10. The van der Waals surface area contributed by atoms with Gasteiger partial charge in [0.25, 0.3) is 0 Å². The molecule has 3 heteroatoms. The first-order chi connectivity index (χ1) is 6.19. The topological polar surface area (TPSA) is 21.3 Å². The van der Waals surface area contributed by atoms with Crippen molar-refractivity contribution in [3.63, 3.8) is 0 Å². The smallest absolute Gasteiger partial charge is 0.123 e. The van der Waals surface area contributed by atoms with E-state index in [1.54, 1.807) is 13.2 Å². The predicted molar refractivity (Wildman–Crippen MR) is 50.4 cm³/mol. The summed E-state index contributed by atoms with van der Waals surface area (Å²) in [6.07, 6.45) is 0. The first-order valence-electron chi connectivity index (χ1n) is 4.19. The van der Waals surface area contributed by atoms with Crippen LogP contribution in [0.1, 0.15) is 18.5 Å². The van der Waals surface area contributed by atoms with E-state index in [1.165, 1.54) is 12.1 Å². The van der Waals surface area contributed by atoms with E-state index in [-0.39, 0.29) is 11.9 Å². The van der Waals surface area contributed by atoms with Gasteiger partial charge in [0.15, 0.2) is 0 Å². The lowest BCUT2D eigenvalue weighted by Gasteiger charge is -2.14. The molecule has 0 radical (unpaired) electrons. The fourth-order valence-corrected chi connectivity index (χ4v) is 1.20. The Labute approximate surface area is 77.7 Å². The zero-order valence-corrected chi connectivity index (χ0v) is 8.10. The van der Waals surface area contributed by atoms with E-state index in [2.05, 4.69) is 5.32 Å². The van der Waals surface area contributed by atoms with Gasteiger partial charge in [-0.05, 0) is 32.2 Å². The number of ether oxygens (including phenoxy) is 1. The van der Waals surface area contributed by atoms with Crippen LogP contribution >= 0.6 is 0 Å². The van der Waals surface area contributed by atoms with Crippen molar-refractivity contribution in [2.45, 2.75) is 13.0 Å². The lowest BCUT2D eigenvalue weighted by molar-refractivity contribution is 0.402. The first kappa shape index (κ1) is 9.99. The van der Waals surface area contributed by atoms with E-state index in [0.29, 0.717) is 5.75 Å². The van der Waals surface area contributed by atoms with Crippen molar-refractivity contribution < 1.29 is 9.13 Å². The first-order valence-corrected chi connectivity index (χ1v) is 4.19. The lowest BCUT2D eigenvalue weighted by atomic mass is 10.1. The standard InChI is InChI=1S/C10H14FNO/c1-7(12-2)9-6-8(11)4-5-10(9)13-3/h4-7,12H,1-3H3. The van der Waals surface area contributed by atoms with Crippen LogP contribution < -0.4 is 10.1 Å². The van der Waals surface area contributed by atoms with Crippen molar-refractivity contribution in [2.24, 2.45) is 0 Å². The number of nitrogens with one attached hydrogen (secondary N) is 1. The summed E-state index contributed by atoms with van der Waals surface area (Å²) in [6.45, 7) is 1.96. The van der Waals surface area contributed by atoms with Crippen LogP contribution in [-0.4, -0.2) is 14.2 Å². The van der Waals surface area contributed by atoms with E-state index in [4.69, 9.17) is 4.74 Å². The van der Waals surface area contributed by atoms with Crippen LogP contribution in [0.5, 0.6) is 5.75 Å². The Kier molecular flexibility index (Phi) is 3.25. The van der Waals surface area contributed by atoms with Gasteiger partial charge < -0.3 is 10.1 Å². The SMILES string of the molecule is CNC(C)c1cc(F)ccc1OC. The van der Waals surface area contributed by atoms with Gasteiger partial charge in [-0.1, -0.05) is 0 Å². The van der Waals surface area contributed by atoms with Gasteiger partial charge in [0.2, 0.25) is 0 Å². The number of halogens is 1. The van der Waals surface area contributed by atoms with Crippen LogP contribution in [0, 0.1) is 5.82 Å². The Morgan fingerprint density at radius 2 is 2.15 bits per heavy atom. The fourth-order valence-electron chi connectivity index (χ4n) is 1.20. The molecule has 0 aromatic heterocycles. The molecule has 0 aliphatic rings. The van der Waals surface area contributed by atoms with Gasteiger partial charge in [-0.25, -0.2) is 4.39 Å². The summed E-state index contributed by atoms with van der Waals surface area (Å²) in [7, 11) is 3.41. The van der Waals surface area contributed by atoms with Crippen LogP contribution in [0.3, 0.4) is 0 Å². The Bertz CT molecular complexity index is 288. The number of hydrogen-bond donors (Lipinski definition) is 1. The summed E-state index contributed by atoms with van der Waals surface area (Å²) in [6, 6.07) is 4.61. The average molecular weight is 183 g/mol. The molecule has 72 valence electrons. The van der Waals surface area contributed by atoms with Gasteiger partial charge in [0.1, 0.15) is 11.6 Å². The summed E-state index contributed by atoms with van der Waals surface area (Å²) in [5, 5.41) is 3.04. The minimum Gasteiger partial charge on any atom is -0.496 e. The van der Waals surface area contributed by atoms with E-state index >= 15 is 0 Å². The van der Waals surface area contributed by atoms with Gasteiger partial charge in [-0.3, -0.25) is 0 Å². The predicted octanol–water partition coefficient (Wildman–Crippen LogP) is 2.11. The summed E-state index contributed by atoms with van der Waals surface area (Å²) >= 11 is 0. The van der Waals surface area contributed by atoms with Crippen molar-refractivity contribution in [1.82, 2.24) is 5.32 Å². The second-order valence-electron chi connectivity index (χ2n) is 2.90. The van der Waals surface area contributed by atoms with Gasteiger partial charge in [0, 0.05) is 11.6 Å². The lowest BCUT2D eigenvalue weighted by Crippen LogP contribution is -2.13. The highest BCUT2D eigenvalue weighted by atomic mass is 19.1. The molecule has 0 spiro atoms. The highest BCUT2D eigenvalue weighted by molar-refractivity contribution is 5.36. The molecule has 0 saturated heterocycles. The number of benzene rings is 1. The molecule has 2 nitrogen and oxygen atoms in total. The monoisotopic (exact) mass is 183 g/mol. The molecule has 1 aromatic rings. The van der Waals surface area contributed by atoms with E-state index in [9.17, 15) is 4.39 Å². The van der Waals surface area contributed by atoms with Crippen LogP contribution in [0.15, 0.2) is 18.2 Å². The fraction of sp³-hybridized carbons (Fsp3) is 0.400. The van der Waals surface area contributed by atoms with Crippen molar-refractivity contribution in [1.29, 1.82) is 0 Å². The molecule has 1 N–H and O–H groups in total. The molecular formula is C10H14FNO. The van der Waals surface area contributed by atoms with Crippen LogP contribution in [0.25, 0.3) is 0 Å². The number of hydrogen-bond acceptors (Lipinski definition) is 2. The van der Waals surface area contributed by atoms with Crippen molar-refractivity contribution in [3.8, 4) is 5.75 Å². The summed E-state index contributed by atoms with van der Waals surface area (Å²) in [4.78, 5) is 0. The van der Waals surface area contributed by atoms with Crippen molar-refractivity contribution in [2.75, 3.05) is 14.2 Å². The van der Waals surface area contributed by atoms with Crippen LogP contribution in [-0.2, 0) is 0 Å². The van der Waals surface area contributed by atoms with Crippen molar-refractivity contribution >= 4 is 0 Å². The van der Waals surface area contributed by atoms with E-state index < -0.39 is 0 Å². The molecule has 1 rings (SSSR count). The zero-order chi connectivity index (χ0) is 9.84. The number of rotatable bonds is 3. The quantitative estimate of drug-likeness (QED) is 0.775. The molecular weight excluding hydrogens is 169 g/mol. The molecule has 1 aromatic carbocycles. The molecule has 0 aliphatic carbocycles. The van der Waals surface area contributed by atoms with Gasteiger partial charge in [-0.15, -0.1) is 0 Å². The van der Waals surface area contributed by atoms with Crippen LogP contribution in [0.4, 0.5) is 4.39 Å². The molecule has 0 saturated carbocycles. The average Bonchev–Trinajstić information content (AvgIpc) is 2.16. The second-order valence-corrected chi connectivity index (χ2v) is 2.90. The second kappa shape index (κ2) is 4.23. The van der Waals surface area contributed by atoms with Gasteiger partial charge >= 0.3 is 0 Å². The Morgan fingerprint density at radius 3 is 2.69 bits per heavy atom. The molecule has 1 atom stereocenters. The normalized spacial score (nSPS) is 12.6. The van der Waals surface area contributed by atoms with Crippen molar-refractivity contribution in [3.05, 3.63) is 29.6 Å². The van der Waals surface area contributed by atoms with Gasteiger partial charge in [0.05, 0.1) is 7.11 Å². The molecule has 0 aliphatic heterocycles. The Hall–Kier alpha value is -1.09. The third-order valence-electron chi connectivity index (χ3n) is 2.09. The molecule has 0 bridgehead atoms. The molecule has 0 amide bonds. The van der Waals surface area contributed by atoms with Gasteiger partial charge in [-0.2, -0.15) is 0 Å².